The summed E-state index contributed by atoms with van der Waals surface area (Å²) in [6, 6.07) is 9.31. The molecule has 1 aromatic carbocycles. The Hall–Kier alpha value is -1.40. The first kappa shape index (κ1) is 31.6. The van der Waals surface area contributed by atoms with Gasteiger partial charge in [0, 0.05) is 40.7 Å². The minimum Gasteiger partial charge on any atom is -0.381 e. The van der Waals surface area contributed by atoms with E-state index in [-0.39, 0.29) is 33.4 Å². The molecule has 2 aliphatic heterocycles. The zero-order valence-electron chi connectivity index (χ0n) is 28.7. The van der Waals surface area contributed by atoms with Gasteiger partial charge in [-0.25, -0.2) is 0 Å². The lowest BCUT2D eigenvalue weighted by Gasteiger charge is -2.49. The fraction of sp³-hybridized carbons (Fsp3) is 0.711. The summed E-state index contributed by atoms with van der Waals surface area (Å²) >= 11 is 0. The van der Waals surface area contributed by atoms with Crippen LogP contribution in [0.3, 0.4) is 0 Å². The van der Waals surface area contributed by atoms with Crippen molar-refractivity contribution in [3.8, 4) is 0 Å². The van der Waals surface area contributed by atoms with Crippen molar-refractivity contribution < 1.29 is 13.7 Å². The largest absolute Gasteiger partial charge is 0.381 e. The minimum atomic E-state index is -1.34. The maximum atomic E-state index is 7.47. The Morgan fingerprint density at radius 1 is 0.907 bits per heavy atom. The molecule has 0 amide bonds. The summed E-state index contributed by atoms with van der Waals surface area (Å²) in [7, 11) is -1.34. The van der Waals surface area contributed by atoms with Crippen molar-refractivity contribution in [1.29, 1.82) is 0 Å². The summed E-state index contributed by atoms with van der Waals surface area (Å²) in [6.07, 6.45) is 13.4. The lowest BCUT2D eigenvalue weighted by atomic mass is 9.70. The second kappa shape index (κ2) is 10.9. The maximum absolute atomic E-state index is 7.47. The van der Waals surface area contributed by atoms with Crippen LogP contribution < -0.4 is 0 Å². The monoisotopic (exact) mass is 607 g/mol. The van der Waals surface area contributed by atoms with E-state index in [4.69, 9.17) is 18.6 Å². The third kappa shape index (κ3) is 5.75. The number of rotatable bonds is 4. The standard InChI is InChI=1S/C38H57NO3S/c1-35(2,3)27-15-13-26(14-16-27)34-31-32(38(41-34)19-11-12-20-38)30-28(39-33(31)25-17-21-40-22-18-25)23-37(7,8)24-29(30)42-43(9,10)36(4,5)6/h13-16,25,29,34H,11-12,17-24H2,1-10H3. The molecule has 2 aliphatic carbocycles. The Morgan fingerprint density at radius 2 is 1.53 bits per heavy atom. The second-order valence-electron chi connectivity index (χ2n) is 17.1. The first-order valence-corrected chi connectivity index (χ1v) is 19.2. The van der Waals surface area contributed by atoms with Crippen molar-refractivity contribution in [1.82, 2.24) is 4.98 Å². The summed E-state index contributed by atoms with van der Waals surface area (Å²) in [5.41, 5.74) is 9.46. The molecule has 0 radical (unpaired) electrons. The van der Waals surface area contributed by atoms with Crippen LogP contribution in [-0.4, -0.2) is 35.5 Å². The van der Waals surface area contributed by atoms with Crippen molar-refractivity contribution in [2.75, 3.05) is 25.7 Å². The van der Waals surface area contributed by atoms with E-state index in [0.717, 1.165) is 51.7 Å². The lowest BCUT2D eigenvalue weighted by Crippen LogP contribution is -2.35. The van der Waals surface area contributed by atoms with Gasteiger partial charge in [0.05, 0.1) is 17.4 Å². The highest BCUT2D eigenvalue weighted by Crippen LogP contribution is 2.64. The van der Waals surface area contributed by atoms with E-state index in [1.54, 1.807) is 0 Å². The van der Waals surface area contributed by atoms with Crippen LogP contribution in [0.2, 0.25) is 0 Å². The Kier molecular flexibility index (Phi) is 7.97. The highest BCUT2D eigenvalue weighted by molar-refractivity contribution is 8.29. The van der Waals surface area contributed by atoms with E-state index >= 15 is 0 Å². The fourth-order valence-electron chi connectivity index (χ4n) is 7.90. The maximum Gasteiger partial charge on any atom is 0.111 e. The molecule has 3 heterocycles. The Morgan fingerprint density at radius 3 is 2.12 bits per heavy atom. The molecule has 1 saturated heterocycles. The Bertz CT molecular complexity index is 1340. The Labute approximate surface area is 263 Å². The third-order valence-electron chi connectivity index (χ3n) is 11.1. The van der Waals surface area contributed by atoms with Gasteiger partial charge in [0.1, 0.15) is 6.10 Å². The number of hydrogen-bond donors (Lipinski definition) is 0. The molecular weight excluding hydrogens is 550 g/mol. The normalized spacial score (nSPS) is 26.0. The summed E-state index contributed by atoms with van der Waals surface area (Å²) in [5, 5.41) is 0. The number of hydrogen-bond acceptors (Lipinski definition) is 4. The lowest BCUT2D eigenvalue weighted by molar-refractivity contribution is -0.0578. The van der Waals surface area contributed by atoms with Gasteiger partial charge in [-0.3, -0.25) is 4.98 Å². The van der Waals surface area contributed by atoms with Crippen molar-refractivity contribution in [2.45, 2.75) is 141 Å². The quantitative estimate of drug-likeness (QED) is 0.347. The topological polar surface area (TPSA) is 40.6 Å². The van der Waals surface area contributed by atoms with Gasteiger partial charge in [-0.15, -0.1) is 10.3 Å². The molecule has 0 bridgehead atoms. The van der Waals surface area contributed by atoms with Crippen molar-refractivity contribution in [2.24, 2.45) is 5.41 Å². The van der Waals surface area contributed by atoms with E-state index in [1.165, 1.54) is 52.0 Å². The van der Waals surface area contributed by atoms with E-state index in [1.807, 2.05) is 0 Å². The van der Waals surface area contributed by atoms with Crippen LogP contribution in [-0.2, 0) is 31.1 Å². The highest BCUT2D eigenvalue weighted by atomic mass is 32.3. The van der Waals surface area contributed by atoms with Gasteiger partial charge in [0.15, 0.2) is 0 Å². The molecular formula is C38H57NO3S. The van der Waals surface area contributed by atoms with Gasteiger partial charge < -0.3 is 13.7 Å². The average Bonchev–Trinajstić information content (AvgIpc) is 3.52. The van der Waals surface area contributed by atoms with E-state index in [0.29, 0.717) is 5.92 Å². The fourth-order valence-corrected chi connectivity index (χ4v) is 8.93. The van der Waals surface area contributed by atoms with Crippen molar-refractivity contribution in [3.05, 3.63) is 63.5 Å². The molecule has 0 N–H and O–H groups in total. The van der Waals surface area contributed by atoms with Gasteiger partial charge in [-0.05, 0) is 78.6 Å². The molecule has 238 valence electrons. The van der Waals surface area contributed by atoms with Gasteiger partial charge in [0.2, 0.25) is 0 Å². The Balaban J connectivity index is 1.59. The first-order valence-electron chi connectivity index (χ1n) is 16.9. The van der Waals surface area contributed by atoms with Gasteiger partial charge >= 0.3 is 0 Å². The summed E-state index contributed by atoms with van der Waals surface area (Å²) in [5.74, 6) is 0.408. The van der Waals surface area contributed by atoms with Crippen LogP contribution in [0, 0.1) is 5.41 Å². The number of nitrogens with zero attached hydrogens (tertiary/aromatic N) is 1. The van der Waals surface area contributed by atoms with Gasteiger partial charge in [-0.2, -0.15) is 0 Å². The number of pyridine rings is 1. The van der Waals surface area contributed by atoms with E-state index in [2.05, 4.69) is 92.2 Å². The van der Waals surface area contributed by atoms with Crippen LogP contribution in [0.25, 0.3) is 0 Å². The highest BCUT2D eigenvalue weighted by Gasteiger charge is 2.54. The first-order chi connectivity index (χ1) is 20.0. The summed E-state index contributed by atoms with van der Waals surface area (Å²) < 4.78 is 20.8. The van der Waals surface area contributed by atoms with Gasteiger partial charge in [0.25, 0.3) is 0 Å². The second-order valence-corrected chi connectivity index (χ2v) is 21.0. The molecule has 4 aliphatic rings. The van der Waals surface area contributed by atoms with E-state index in [9.17, 15) is 0 Å². The predicted octanol–water partition coefficient (Wildman–Crippen LogP) is 9.97. The smallest absolute Gasteiger partial charge is 0.111 e. The number of aromatic nitrogens is 1. The molecule has 1 spiro atoms. The molecule has 2 aromatic rings. The minimum absolute atomic E-state index is 0.0380. The summed E-state index contributed by atoms with van der Waals surface area (Å²) in [6.45, 7) is 20.3. The number of ether oxygens (including phenoxy) is 2. The van der Waals surface area contributed by atoms with Crippen LogP contribution >= 0.6 is 10.3 Å². The average molecular weight is 608 g/mol. The molecule has 1 aromatic heterocycles. The van der Waals surface area contributed by atoms with Crippen LogP contribution in [0.5, 0.6) is 0 Å². The number of benzene rings is 1. The van der Waals surface area contributed by atoms with Crippen molar-refractivity contribution >= 4 is 10.3 Å². The molecule has 2 atom stereocenters. The van der Waals surface area contributed by atoms with E-state index < -0.39 is 10.3 Å². The third-order valence-corrected chi connectivity index (χ3v) is 14.7. The van der Waals surface area contributed by atoms with Crippen molar-refractivity contribution in [3.63, 3.8) is 0 Å². The molecule has 2 unspecified atom stereocenters. The van der Waals surface area contributed by atoms with Gasteiger partial charge in [-0.1, -0.05) is 92.5 Å². The molecule has 43 heavy (non-hydrogen) atoms. The molecule has 1 saturated carbocycles. The zero-order valence-corrected chi connectivity index (χ0v) is 29.5. The molecule has 4 nitrogen and oxygen atoms in total. The van der Waals surface area contributed by atoms with Crippen LogP contribution in [0.15, 0.2) is 24.3 Å². The van der Waals surface area contributed by atoms with Crippen LogP contribution in [0.4, 0.5) is 0 Å². The number of fused-ring (bicyclic) bond motifs is 4. The predicted molar refractivity (Wildman–Crippen MR) is 180 cm³/mol. The zero-order chi connectivity index (χ0) is 31.0. The molecule has 6 rings (SSSR count). The molecule has 5 heteroatoms. The van der Waals surface area contributed by atoms with Crippen LogP contribution in [0.1, 0.15) is 158 Å². The molecule has 2 fully saturated rings. The SMILES string of the molecule is CC1(C)Cc2nc(C3CCOCC3)c3c(c2C(OS(C)(C)C(C)(C)C)C1)C1(CCCC1)OC3c1ccc(C(C)(C)C)cc1. The summed E-state index contributed by atoms with van der Waals surface area (Å²) in [4.78, 5) is 5.73.